The Morgan fingerprint density at radius 3 is 2.57 bits per heavy atom. The van der Waals surface area contributed by atoms with Gasteiger partial charge in [0.2, 0.25) is 5.95 Å². The smallest absolute Gasteiger partial charge is 0.225 e. The van der Waals surface area contributed by atoms with Crippen molar-refractivity contribution in [3.8, 4) is 0 Å². The Labute approximate surface area is 203 Å². The number of imidazole rings is 1. The van der Waals surface area contributed by atoms with E-state index in [1.807, 2.05) is 41.3 Å². The molecule has 8 nitrogen and oxygen atoms in total. The molecule has 0 saturated carbocycles. The predicted octanol–water partition coefficient (Wildman–Crippen LogP) is 4.27. The highest BCUT2D eigenvalue weighted by molar-refractivity contribution is 7.90. The Morgan fingerprint density at radius 1 is 1.11 bits per heavy atom. The number of sulfone groups is 1. The Bertz CT molecular complexity index is 1530. The summed E-state index contributed by atoms with van der Waals surface area (Å²) in [5.74, 6) is -0.0602. The fourth-order valence-electron chi connectivity index (χ4n) is 4.16. The summed E-state index contributed by atoms with van der Waals surface area (Å²) in [5.41, 5.74) is 5.11. The molecular weight excluding hydrogens is 467 g/mol. The molecule has 3 aromatic heterocycles. The molecule has 0 fully saturated rings. The van der Waals surface area contributed by atoms with Crippen LogP contribution in [0.3, 0.4) is 0 Å². The van der Waals surface area contributed by atoms with E-state index in [9.17, 15) is 12.8 Å². The number of pyridine rings is 1. The molecule has 0 unspecified atom stereocenters. The first-order chi connectivity index (χ1) is 16.8. The lowest BCUT2D eigenvalue weighted by Crippen LogP contribution is -2.30. The summed E-state index contributed by atoms with van der Waals surface area (Å²) in [6, 6.07) is 7.73. The van der Waals surface area contributed by atoms with E-state index in [-0.39, 0.29) is 4.90 Å². The van der Waals surface area contributed by atoms with Gasteiger partial charge in [-0.15, -0.1) is 0 Å². The minimum absolute atomic E-state index is 0.325. The number of aromatic nitrogens is 4. The number of nitrogens with zero attached hydrogens (tertiary/aromatic N) is 5. The van der Waals surface area contributed by atoms with E-state index in [2.05, 4.69) is 38.2 Å². The normalized spacial score (nSPS) is 14.3. The van der Waals surface area contributed by atoms with Crippen molar-refractivity contribution in [3.63, 3.8) is 0 Å². The van der Waals surface area contributed by atoms with Gasteiger partial charge in [-0.1, -0.05) is 13.0 Å². The number of aryl methyl sites for hydroxylation is 1. The summed E-state index contributed by atoms with van der Waals surface area (Å²) >= 11 is 0. The van der Waals surface area contributed by atoms with Crippen LogP contribution in [0.5, 0.6) is 0 Å². The van der Waals surface area contributed by atoms with E-state index < -0.39 is 15.7 Å². The highest BCUT2D eigenvalue weighted by Gasteiger charge is 2.19. The number of hydrogen-bond acceptors (Lipinski definition) is 7. The molecule has 0 radical (unpaired) electrons. The molecule has 1 aliphatic heterocycles. The molecule has 180 valence electrons. The third-order valence-electron chi connectivity index (χ3n) is 6.07. The second-order valence-electron chi connectivity index (χ2n) is 8.47. The van der Waals surface area contributed by atoms with Crippen molar-refractivity contribution in [2.75, 3.05) is 29.6 Å². The lowest BCUT2D eigenvalue weighted by Gasteiger charge is -2.26. The van der Waals surface area contributed by atoms with E-state index >= 15 is 0 Å². The standard InChI is InChI=1S/C25H25FN6O2S/c1-3-17-14-28-25(29-15-17)31-11-8-18(9-12-31)22-16-27-24-21(5-4-10-32(22)24)30-19-6-7-23(20(26)13-19)35(2,33)34/h4-8,10,13-16,30H,3,9,11-12H2,1-2H3. The minimum atomic E-state index is -3.63. The van der Waals surface area contributed by atoms with Crippen LogP contribution in [0.15, 0.2) is 66.1 Å². The molecule has 0 aliphatic carbocycles. The van der Waals surface area contributed by atoms with Crippen LogP contribution in [0.2, 0.25) is 0 Å². The van der Waals surface area contributed by atoms with Crippen LogP contribution in [0.1, 0.15) is 24.6 Å². The molecule has 0 bridgehead atoms. The average molecular weight is 493 g/mol. The fraction of sp³-hybridized carbons (Fsp3) is 0.240. The topological polar surface area (TPSA) is 92.5 Å². The summed E-state index contributed by atoms with van der Waals surface area (Å²) in [6.45, 7) is 3.59. The number of halogens is 1. The maximum atomic E-state index is 14.3. The van der Waals surface area contributed by atoms with Crippen LogP contribution in [0.25, 0.3) is 11.2 Å². The van der Waals surface area contributed by atoms with Crippen molar-refractivity contribution >= 4 is 38.4 Å². The van der Waals surface area contributed by atoms with Gasteiger partial charge in [0.25, 0.3) is 0 Å². The molecule has 0 amide bonds. The van der Waals surface area contributed by atoms with Crippen molar-refractivity contribution in [3.05, 3.63) is 78.3 Å². The van der Waals surface area contributed by atoms with Gasteiger partial charge in [0.1, 0.15) is 10.7 Å². The summed E-state index contributed by atoms with van der Waals surface area (Å²) in [6.07, 6.45) is 12.4. The fourth-order valence-corrected chi connectivity index (χ4v) is 4.89. The molecule has 1 aromatic carbocycles. The van der Waals surface area contributed by atoms with Crippen LogP contribution < -0.4 is 10.2 Å². The lowest BCUT2D eigenvalue weighted by molar-refractivity contribution is 0.571. The highest BCUT2D eigenvalue weighted by Crippen LogP contribution is 2.29. The maximum Gasteiger partial charge on any atom is 0.225 e. The monoisotopic (exact) mass is 492 g/mol. The van der Waals surface area contributed by atoms with Gasteiger partial charge >= 0.3 is 0 Å². The second-order valence-corrected chi connectivity index (χ2v) is 10.5. The third-order valence-corrected chi connectivity index (χ3v) is 7.20. The van der Waals surface area contributed by atoms with E-state index in [0.29, 0.717) is 23.6 Å². The molecule has 5 rings (SSSR count). The Morgan fingerprint density at radius 2 is 1.91 bits per heavy atom. The Kier molecular flexibility index (Phi) is 5.98. The number of benzene rings is 1. The van der Waals surface area contributed by atoms with Crippen LogP contribution in [-0.2, 0) is 16.3 Å². The van der Waals surface area contributed by atoms with Crippen molar-refractivity contribution in [2.24, 2.45) is 0 Å². The van der Waals surface area contributed by atoms with E-state index in [1.165, 1.54) is 17.7 Å². The first-order valence-corrected chi connectivity index (χ1v) is 13.2. The second kappa shape index (κ2) is 9.10. The minimum Gasteiger partial charge on any atom is -0.352 e. The summed E-state index contributed by atoms with van der Waals surface area (Å²) < 4.78 is 39.7. The van der Waals surface area contributed by atoms with Crippen molar-refractivity contribution in [1.29, 1.82) is 0 Å². The van der Waals surface area contributed by atoms with E-state index in [0.717, 1.165) is 42.8 Å². The van der Waals surface area contributed by atoms with Gasteiger partial charge in [-0.25, -0.2) is 27.8 Å². The lowest BCUT2D eigenvalue weighted by atomic mass is 10.1. The quantitative estimate of drug-likeness (QED) is 0.430. The largest absolute Gasteiger partial charge is 0.352 e. The number of hydrogen-bond donors (Lipinski definition) is 1. The Hall–Kier alpha value is -3.79. The predicted molar refractivity (Wildman–Crippen MR) is 134 cm³/mol. The molecule has 10 heteroatoms. The zero-order valence-electron chi connectivity index (χ0n) is 19.4. The Balaban J connectivity index is 1.38. The molecule has 4 heterocycles. The number of nitrogens with one attached hydrogen (secondary N) is 1. The van der Waals surface area contributed by atoms with Crippen LogP contribution in [0.4, 0.5) is 21.7 Å². The molecular formula is C25H25FN6O2S. The molecule has 0 spiro atoms. The number of anilines is 3. The van der Waals surface area contributed by atoms with Gasteiger partial charge in [-0.05, 0) is 54.3 Å². The highest BCUT2D eigenvalue weighted by atomic mass is 32.2. The van der Waals surface area contributed by atoms with Crippen LogP contribution in [-0.4, -0.2) is 47.1 Å². The molecule has 0 saturated heterocycles. The maximum absolute atomic E-state index is 14.3. The molecule has 0 atom stereocenters. The number of fused-ring (bicyclic) bond motifs is 1. The van der Waals surface area contributed by atoms with Crippen molar-refractivity contribution in [2.45, 2.75) is 24.7 Å². The van der Waals surface area contributed by atoms with Gasteiger partial charge in [0, 0.05) is 43.6 Å². The van der Waals surface area contributed by atoms with Gasteiger partial charge in [0.15, 0.2) is 15.5 Å². The zero-order chi connectivity index (χ0) is 24.6. The van der Waals surface area contributed by atoms with Crippen molar-refractivity contribution < 1.29 is 12.8 Å². The summed E-state index contributed by atoms with van der Waals surface area (Å²) in [7, 11) is -3.63. The summed E-state index contributed by atoms with van der Waals surface area (Å²) in [5, 5.41) is 3.16. The molecule has 1 aliphatic rings. The van der Waals surface area contributed by atoms with Crippen molar-refractivity contribution in [1.82, 2.24) is 19.4 Å². The zero-order valence-corrected chi connectivity index (χ0v) is 20.3. The SMILES string of the molecule is CCc1cnc(N2CC=C(c3cnc4c(Nc5ccc(S(C)(=O)=O)c(F)c5)cccn34)CC2)nc1. The molecule has 4 aromatic rings. The molecule has 1 N–H and O–H groups in total. The first kappa shape index (κ1) is 23.0. The molecule has 35 heavy (non-hydrogen) atoms. The van der Waals surface area contributed by atoms with E-state index in [4.69, 9.17) is 0 Å². The van der Waals surface area contributed by atoms with Gasteiger partial charge in [-0.2, -0.15) is 0 Å². The van der Waals surface area contributed by atoms with Gasteiger partial charge in [0.05, 0.1) is 17.6 Å². The van der Waals surface area contributed by atoms with Crippen LogP contribution >= 0.6 is 0 Å². The van der Waals surface area contributed by atoms with E-state index in [1.54, 1.807) is 6.07 Å². The van der Waals surface area contributed by atoms with Gasteiger partial charge < -0.3 is 10.2 Å². The van der Waals surface area contributed by atoms with Crippen LogP contribution in [0, 0.1) is 5.82 Å². The first-order valence-electron chi connectivity index (χ1n) is 11.3. The third kappa shape index (κ3) is 4.61. The summed E-state index contributed by atoms with van der Waals surface area (Å²) in [4.78, 5) is 15.4. The van der Waals surface area contributed by atoms with Gasteiger partial charge in [-0.3, -0.25) is 4.40 Å². The average Bonchev–Trinajstić information content (AvgIpc) is 3.29. The number of rotatable bonds is 6.